The zero-order valence-corrected chi connectivity index (χ0v) is 15.4. The van der Waals surface area contributed by atoms with Crippen molar-refractivity contribution in [3.05, 3.63) is 29.3 Å². The van der Waals surface area contributed by atoms with Gasteiger partial charge in [-0.2, -0.15) is 0 Å². The number of sulfonamides is 1. The Hall–Kier alpha value is -0.660. The van der Waals surface area contributed by atoms with E-state index in [9.17, 15) is 8.42 Å². The molecule has 24 heavy (non-hydrogen) atoms. The van der Waals surface area contributed by atoms with Crippen molar-refractivity contribution < 1.29 is 13.2 Å². The fraction of sp³-hybridized carbons (Fsp3) is 0.647. The lowest BCUT2D eigenvalue weighted by Gasteiger charge is -2.39. The fourth-order valence-corrected chi connectivity index (χ4v) is 4.74. The van der Waals surface area contributed by atoms with Gasteiger partial charge in [-0.15, -0.1) is 0 Å². The monoisotopic (exact) mass is 372 g/mol. The molecule has 0 saturated carbocycles. The summed E-state index contributed by atoms with van der Waals surface area (Å²) < 4.78 is 32.8. The zero-order valence-electron chi connectivity index (χ0n) is 13.8. The maximum absolute atomic E-state index is 12.3. The maximum atomic E-state index is 12.3. The molecule has 1 aromatic carbocycles. The van der Waals surface area contributed by atoms with Gasteiger partial charge in [-0.1, -0.05) is 11.6 Å². The van der Waals surface area contributed by atoms with Crippen molar-refractivity contribution in [3.63, 3.8) is 0 Å². The van der Waals surface area contributed by atoms with Crippen LogP contribution in [0.2, 0.25) is 5.02 Å². The molecule has 0 unspecified atom stereocenters. The van der Waals surface area contributed by atoms with Gasteiger partial charge in [-0.3, -0.25) is 0 Å². The van der Waals surface area contributed by atoms with E-state index < -0.39 is 10.0 Å². The lowest BCUT2D eigenvalue weighted by Crippen LogP contribution is -2.45. The first-order valence-electron chi connectivity index (χ1n) is 8.61. The van der Waals surface area contributed by atoms with Crippen LogP contribution < -0.4 is 4.72 Å². The van der Waals surface area contributed by atoms with Crippen molar-refractivity contribution in [1.29, 1.82) is 0 Å². The predicted octanol–water partition coefficient (Wildman–Crippen LogP) is 2.51. The molecule has 2 aliphatic heterocycles. The number of nitrogens with zero attached hydrogens (tertiary/aromatic N) is 1. The molecule has 0 aliphatic carbocycles. The summed E-state index contributed by atoms with van der Waals surface area (Å²) in [5, 5.41) is 0.537. The Morgan fingerprint density at radius 1 is 1.08 bits per heavy atom. The highest BCUT2D eigenvalue weighted by molar-refractivity contribution is 7.89. The largest absolute Gasteiger partial charge is 0.381 e. The minimum atomic E-state index is -3.45. The number of halogens is 1. The lowest BCUT2D eigenvalue weighted by molar-refractivity contribution is 0.0214. The SMILES string of the molecule is O=S(=O)(NCC1CCN(C2CCOCC2)CC1)c1ccc(Cl)cc1. The summed E-state index contributed by atoms with van der Waals surface area (Å²) >= 11 is 5.81. The molecule has 7 heteroatoms. The third-order valence-corrected chi connectivity index (χ3v) is 6.73. The lowest BCUT2D eigenvalue weighted by atomic mass is 9.94. The van der Waals surface area contributed by atoms with Crippen molar-refractivity contribution >= 4 is 21.6 Å². The standard InChI is InChI=1S/C17H25ClN2O3S/c18-15-1-3-17(4-2-15)24(21,22)19-13-14-5-9-20(10-6-14)16-7-11-23-12-8-16/h1-4,14,16,19H,5-13H2. The summed E-state index contributed by atoms with van der Waals surface area (Å²) in [4.78, 5) is 2.82. The molecular formula is C17H25ClN2O3S. The Balaban J connectivity index is 1.46. The molecule has 2 saturated heterocycles. The molecule has 5 nitrogen and oxygen atoms in total. The summed E-state index contributed by atoms with van der Waals surface area (Å²) in [6.45, 7) is 4.35. The Kier molecular flexibility index (Phi) is 6.16. The van der Waals surface area contributed by atoms with Gasteiger partial charge in [0.2, 0.25) is 10.0 Å². The van der Waals surface area contributed by atoms with Crippen LogP contribution in [0.15, 0.2) is 29.2 Å². The number of hydrogen-bond acceptors (Lipinski definition) is 4. The van der Waals surface area contributed by atoms with Crippen LogP contribution in [0.1, 0.15) is 25.7 Å². The number of likely N-dealkylation sites (tertiary alicyclic amines) is 1. The van der Waals surface area contributed by atoms with Crippen LogP contribution in [0.3, 0.4) is 0 Å². The molecule has 2 fully saturated rings. The van der Waals surface area contributed by atoms with Crippen LogP contribution in [0.5, 0.6) is 0 Å². The first-order chi connectivity index (χ1) is 11.5. The van der Waals surface area contributed by atoms with Gasteiger partial charge in [-0.05, 0) is 69.0 Å². The van der Waals surface area contributed by atoms with Crippen molar-refractivity contribution in [2.75, 3.05) is 32.8 Å². The van der Waals surface area contributed by atoms with Gasteiger partial charge < -0.3 is 9.64 Å². The maximum Gasteiger partial charge on any atom is 0.240 e. The summed E-state index contributed by atoms with van der Waals surface area (Å²) in [5.74, 6) is 0.406. The second-order valence-electron chi connectivity index (χ2n) is 6.63. The van der Waals surface area contributed by atoms with Crippen LogP contribution in [-0.2, 0) is 14.8 Å². The number of hydrogen-bond donors (Lipinski definition) is 1. The molecule has 0 atom stereocenters. The topological polar surface area (TPSA) is 58.6 Å². The second-order valence-corrected chi connectivity index (χ2v) is 8.83. The summed E-state index contributed by atoms with van der Waals surface area (Å²) in [7, 11) is -3.45. The Morgan fingerprint density at radius 2 is 1.71 bits per heavy atom. The normalized spacial score (nSPS) is 21.9. The average molecular weight is 373 g/mol. The van der Waals surface area contributed by atoms with E-state index in [0.29, 0.717) is 23.5 Å². The highest BCUT2D eigenvalue weighted by atomic mass is 35.5. The molecule has 1 aromatic rings. The minimum Gasteiger partial charge on any atom is -0.381 e. The first kappa shape index (κ1) is 18.1. The van der Waals surface area contributed by atoms with Gasteiger partial charge >= 0.3 is 0 Å². The van der Waals surface area contributed by atoms with Gasteiger partial charge in [0.05, 0.1) is 4.90 Å². The quantitative estimate of drug-likeness (QED) is 0.862. The molecular weight excluding hydrogens is 348 g/mol. The van der Waals surface area contributed by atoms with Crippen molar-refractivity contribution in [2.24, 2.45) is 5.92 Å². The van der Waals surface area contributed by atoms with E-state index in [1.165, 1.54) is 0 Å². The molecule has 2 aliphatic rings. The van der Waals surface area contributed by atoms with Gasteiger partial charge in [0, 0.05) is 30.8 Å². The molecule has 0 spiro atoms. The van der Waals surface area contributed by atoms with Gasteiger partial charge in [0.1, 0.15) is 0 Å². The molecule has 3 rings (SSSR count). The van der Waals surface area contributed by atoms with Crippen molar-refractivity contribution in [3.8, 4) is 0 Å². The summed E-state index contributed by atoms with van der Waals surface area (Å²) in [6.07, 6.45) is 4.32. The Morgan fingerprint density at radius 3 is 2.33 bits per heavy atom. The van der Waals surface area contributed by atoms with E-state index >= 15 is 0 Å². The van der Waals surface area contributed by atoms with Crippen molar-refractivity contribution in [1.82, 2.24) is 9.62 Å². The smallest absolute Gasteiger partial charge is 0.240 e. The number of ether oxygens (including phenoxy) is 1. The highest BCUT2D eigenvalue weighted by Gasteiger charge is 2.27. The third-order valence-electron chi connectivity index (χ3n) is 5.04. The van der Waals surface area contributed by atoms with Gasteiger partial charge in [-0.25, -0.2) is 13.1 Å². The molecule has 0 radical (unpaired) electrons. The van der Waals surface area contributed by atoms with E-state index in [2.05, 4.69) is 9.62 Å². The molecule has 134 valence electrons. The first-order valence-corrected chi connectivity index (χ1v) is 10.5. The van der Waals surface area contributed by atoms with E-state index in [1.807, 2.05) is 0 Å². The predicted molar refractivity (Wildman–Crippen MR) is 94.8 cm³/mol. The van der Waals surface area contributed by atoms with Crippen molar-refractivity contribution in [2.45, 2.75) is 36.6 Å². The third kappa shape index (κ3) is 4.70. The molecule has 0 aromatic heterocycles. The number of piperidine rings is 1. The number of rotatable bonds is 5. The van der Waals surface area contributed by atoms with Crippen LogP contribution >= 0.6 is 11.6 Å². The van der Waals surface area contributed by atoms with Gasteiger partial charge in [0.15, 0.2) is 0 Å². The van der Waals surface area contributed by atoms with Crippen LogP contribution in [0.25, 0.3) is 0 Å². The fourth-order valence-electron chi connectivity index (χ4n) is 3.50. The zero-order chi connectivity index (χ0) is 17.0. The van der Waals surface area contributed by atoms with Crippen LogP contribution in [0.4, 0.5) is 0 Å². The van der Waals surface area contributed by atoms with E-state index in [-0.39, 0.29) is 4.90 Å². The van der Waals surface area contributed by atoms with E-state index in [4.69, 9.17) is 16.3 Å². The Labute approximate surface area is 149 Å². The minimum absolute atomic E-state index is 0.270. The number of benzene rings is 1. The summed E-state index contributed by atoms with van der Waals surface area (Å²) in [6, 6.07) is 6.92. The molecule has 2 heterocycles. The van der Waals surface area contributed by atoms with E-state index in [1.54, 1.807) is 24.3 Å². The highest BCUT2D eigenvalue weighted by Crippen LogP contribution is 2.23. The van der Waals surface area contributed by atoms with Crippen LogP contribution in [0, 0.1) is 5.92 Å². The molecule has 0 amide bonds. The van der Waals surface area contributed by atoms with E-state index in [0.717, 1.165) is 52.0 Å². The number of nitrogens with one attached hydrogen (secondary N) is 1. The summed E-state index contributed by atoms with van der Waals surface area (Å²) in [5.41, 5.74) is 0. The van der Waals surface area contributed by atoms with Crippen LogP contribution in [-0.4, -0.2) is 52.2 Å². The van der Waals surface area contributed by atoms with Gasteiger partial charge in [0.25, 0.3) is 0 Å². The average Bonchev–Trinajstić information content (AvgIpc) is 2.62. The molecule has 0 bridgehead atoms. The Bertz CT molecular complexity index is 622. The molecule has 1 N–H and O–H groups in total. The second kappa shape index (κ2) is 8.15.